The van der Waals surface area contributed by atoms with Crippen LogP contribution in [0.4, 0.5) is 0 Å². The average molecular weight is 245 g/mol. The monoisotopic (exact) mass is 244 g/mol. The van der Waals surface area contributed by atoms with E-state index in [1.807, 2.05) is 31.2 Å². The van der Waals surface area contributed by atoms with Gasteiger partial charge in [-0.25, -0.2) is 0 Å². The van der Waals surface area contributed by atoms with Crippen LogP contribution in [0.2, 0.25) is 0 Å². The maximum atomic E-state index is 8.91. The first-order valence-electron chi connectivity index (χ1n) is 4.29. The Labute approximate surface area is 86.7 Å². The van der Waals surface area contributed by atoms with Crippen molar-refractivity contribution < 1.29 is 9.84 Å². The first kappa shape index (κ1) is 10.5. The maximum absolute atomic E-state index is 8.91. The number of halogens is 1. The van der Waals surface area contributed by atoms with Crippen LogP contribution in [0, 0.1) is 0 Å². The van der Waals surface area contributed by atoms with E-state index in [0.29, 0.717) is 0 Å². The average Bonchev–Trinajstić information content (AvgIpc) is 2.17. The van der Waals surface area contributed by atoms with Gasteiger partial charge in [0.05, 0.1) is 6.61 Å². The molecule has 0 heterocycles. The minimum absolute atomic E-state index is 0.0621. The van der Waals surface area contributed by atoms with Crippen molar-refractivity contribution in [2.75, 3.05) is 6.61 Å². The quantitative estimate of drug-likeness (QED) is 0.883. The predicted octanol–water partition coefficient (Wildman–Crippen LogP) is 2.60. The predicted molar refractivity (Wildman–Crippen MR) is 55.9 cm³/mol. The lowest BCUT2D eigenvalue weighted by Crippen LogP contribution is -2.19. The van der Waals surface area contributed by atoms with Gasteiger partial charge in [0.15, 0.2) is 0 Å². The summed E-state index contributed by atoms with van der Waals surface area (Å²) >= 11 is 3.34. The number of aliphatic hydroxyl groups is 1. The second-order valence-corrected chi connectivity index (χ2v) is 3.70. The standard InChI is InChI=1S/C10H13BrO2/c1-2-9(7-12)13-10-5-3-8(11)4-6-10/h3-6,9,12H,2,7H2,1H3/t9-/m0/s1. The molecule has 0 unspecified atom stereocenters. The van der Waals surface area contributed by atoms with Gasteiger partial charge in [0.2, 0.25) is 0 Å². The van der Waals surface area contributed by atoms with Crippen LogP contribution >= 0.6 is 15.9 Å². The third-order valence-corrected chi connectivity index (χ3v) is 2.30. The molecule has 0 bridgehead atoms. The van der Waals surface area contributed by atoms with E-state index in [2.05, 4.69) is 15.9 Å². The molecule has 0 aliphatic rings. The number of hydrogen-bond donors (Lipinski definition) is 1. The van der Waals surface area contributed by atoms with Gasteiger partial charge in [0.25, 0.3) is 0 Å². The fourth-order valence-electron chi connectivity index (χ4n) is 0.955. The molecule has 1 N–H and O–H groups in total. The molecular weight excluding hydrogens is 232 g/mol. The third-order valence-electron chi connectivity index (χ3n) is 1.78. The second-order valence-electron chi connectivity index (χ2n) is 2.78. The summed E-state index contributed by atoms with van der Waals surface area (Å²) in [5.74, 6) is 0.795. The van der Waals surface area contributed by atoms with Crippen LogP contribution in [0.3, 0.4) is 0 Å². The minimum atomic E-state index is -0.0961. The summed E-state index contributed by atoms with van der Waals surface area (Å²) in [4.78, 5) is 0. The van der Waals surface area contributed by atoms with Crippen molar-refractivity contribution in [3.05, 3.63) is 28.7 Å². The van der Waals surface area contributed by atoms with Crippen LogP contribution in [0.1, 0.15) is 13.3 Å². The molecule has 0 aliphatic heterocycles. The Bertz CT molecular complexity index is 242. The van der Waals surface area contributed by atoms with Crippen molar-refractivity contribution in [3.8, 4) is 5.75 Å². The zero-order valence-electron chi connectivity index (χ0n) is 7.53. The minimum Gasteiger partial charge on any atom is -0.488 e. The van der Waals surface area contributed by atoms with Gasteiger partial charge in [0, 0.05) is 4.47 Å². The maximum Gasteiger partial charge on any atom is 0.121 e. The SMILES string of the molecule is CC[C@@H](CO)Oc1ccc(Br)cc1. The van der Waals surface area contributed by atoms with E-state index in [9.17, 15) is 0 Å². The van der Waals surface area contributed by atoms with Crippen molar-refractivity contribution in [3.63, 3.8) is 0 Å². The first-order chi connectivity index (χ1) is 6.26. The van der Waals surface area contributed by atoms with Crippen molar-refractivity contribution in [2.45, 2.75) is 19.4 Å². The lowest BCUT2D eigenvalue weighted by atomic mass is 10.3. The highest BCUT2D eigenvalue weighted by Crippen LogP contribution is 2.17. The molecule has 13 heavy (non-hydrogen) atoms. The zero-order valence-corrected chi connectivity index (χ0v) is 9.12. The molecule has 0 saturated heterocycles. The van der Waals surface area contributed by atoms with Gasteiger partial charge in [-0.05, 0) is 30.7 Å². The molecule has 0 fully saturated rings. The summed E-state index contributed by atoms with van der Waals surface area (Å²) in [6.45, 7) is 2.05. The summed E-state index contributed by atoms with van der Waals surface area (Å²) in [6, 6.07) is 7.59. The molecule has 0 aliphatic carbocycles. The highest BCUT2D eigenvalue weighted by atomic mass is 79.9. The topological polar surface area (TPSA) is 29.5 Å². The van der Waals surface area contributed by atoms with Crippen LogP contribution in [0.15, 0.2) is 28.7 Å². The van der Waals surface area contributed by atoms with Crippen LogP contribution < -0.4 is 4.74 Å². The second kappa shape index (κ2) is 5.25. The van der Waals surface area contributed by atoms with Crippen molar-refractivity contribution in [1.29, 1.82) is 0 Å². The van der Waals surface area contributed by atoms with Gasteiger partial charge < -0.3 is 9.84 Å². The van der Waals surface area contributed by atoms with E-state index in [4.69, 9.17) is 9.84 Å². The van der Waals surface area contributed by atoms with E-state index in [0.717, 1.165) is 16.6 Å². The van der Waals surface area contributed by atoms with Gasteiger partial charge in [0.1, 0.15) is 11.9 Å². The molecule has 0 radical (unpaired) electrons. The molecule has 3 heteroatoms. The number of rotatable bonds is 4. The Hall–Kier alpha value is -0.540. The number of benzene rings is 1. The molecule has 1 atom stereocenters. The number of ether oxygens (including phenoxy) is 1. The van der Waals surface area contributed by atoms with Crippen LogP contribution in [0.5, 0.6) is 5.75 Å². The zero-order chi connectivity index (χ0) is 9.68. The lowest BCUT2D eigenvalue weighted by Gasteiger charge is -2.14. The molecule has 1 rings (SSSR count). The molecule has 2 nitrogen and oxygen atoms in total. The van der Waals surface area contributed by atoms with Crippen LogP contribution in [-0.4, -0.2) is 17.8 Å². The van der Waals surface area contributed by atoms with Gasteiger partial charge in [-0.1, -0.05) is 22.9 Å². The largest absolute Gasteiger partial charge is 0.488 e. The van der Waals surface area contributed by atoms with Crippen molar-refractivity contribution >= 4 is 15.9 Å². The van der Waals surface area contributed by atoms with Crippen LogP contribution in [-0.2, 0) is 0 Å². The number of aliphatic hydroxyl groups excluding tert-OH is 1. The normalized spacial score (nSPS) is 12.5. The summed E-state index contributed by atoms with van der Waals surface area (Å²) in [5.41, 5.74) is 0. The Balaban J connectivity index is 2.58. The van der Waals surface area contributed by atoms with E-state index in [1.54, 1.807) is 0 Å². The molecular formula is C10H13BrO2. The highest BCUT2D eigenvalue weighted by molar-refractivity contribution is 9.10. The number of hydrogen-bond acceptors (Lipinski definition) is 2. The molecule has 1 aromatic rings. The highest BCUT2D eigenvalue weighted by Gasteiger charge is 2.05. The summed E-state index contributed by atoms with van der Waals surface area (Å²) in [7, 11) is 0. The Kier molecular flexibility index (Phi) is 4.25. The van der Waals surface area contributed by atoms with E-state index < -0.39 is 0 Å². The third kappa shape index (κ3) is 3.36. The van der Waals surface area contributed by atoms with E-state index >= 15 is 0 Å². The van der Waals surface area contributed by atoms with Gasteiger partial charge in [-0.3, -0.25) is 0 Å². The van der Waals surface area contributed by atoms with Crippen molar-refractivity contribution in [1.82, 2.24) is 0 Å². The van der Waals surface area contributed by atoms with Gasteiger partial charge >= 0.3 is 0 Å². The first-order valence-corrected chi connectivity index (χ1v) is 5.08. The summed E-state index contributed by atoms with van der Waals surface area (Å²) in [6.07, 6.45) is 0.716. The van der Waals surface area contributed by atoms with Gasteiger partial charge in [-0.15, -0.1) is 0 Å². The Morgan fingerprint density at radius 1 is 1.38 bits per heavy atom. The molecule has 1 aromatic carbocycles. The van der Waals surface area contributed by atoms with Gasteiger partial charge in [-0.2, -0.15) is 0 Å². The van der Waals surface area contributed by atoms with E-state index in [-0.39, 0.29) is 12.7 Å². The fourth-order valence-corrected chi connectivity index (χ4v) is 1.22. The summed E-state index contributed by atoms with van der Waals surface area (Å²) < 4.78 is 6.52. The van der Waals surface area contributed by atoms with Crippen molar-refractivity contribution in [2.24, 2.45) is 0 Å². The summed E-state index contributed by atoms with van der Waals surface area (Å²) in [5, 5.41) is 8.91. The lowest BCUT2D eigenvalue weighted by molar-refractivity contribution is 0.112. The molecule has 0 amide bonds. The Morgan fingerprint density at radius 2 is 2.00 bits per heavy atom. The van der Waals surface area contributed by atoms with E-state index in [1.165, 1.54) is 0 Å². The molecule has 0 saturated carbocycles. The van der Waals surface area contributed by atoms with Crippen LogP contribution in [0.25, 0.3) is 0 Å². The smallest absolute Gasteiger partial charge is 0.121 e. The fraction of sp³-hybridized carbons (Fsp3) is 0.400. The Morgan fingerprint density at radius 3 is 2.46 bits per heavy atom. The molecule has 0 spiro atoms. The molecule has 0 aromatic heterocycles. The molecule has 72 valence electrons.